The number of aryl methyl sites for hydroxylation is 2. The van der Waals surface area contributed by atoms with Crippen molar-refractivity contribution in [1.82, 2.24) is 10.3 Å². The molecule has 0 saturated carbocycles. The van der Waals surface area contributed by atoms with Gasteiger partial charge >= 0.3 is 12.1 Å². The van der Waals surface area contributed by atoms with Crippen molar-refractivity contribution in [1.29, 1.82) is 0 Å². The van der Waals surface area contributed by atoms with Crippen molar-refractivity contribution in [2.24, 2.45) is 0 Å². The Kier molecular flexibility index (Phi) is 5.29. The molecule has 1 aliphatic rings. The molecule has 1 amide bonds. The smallest absolute Gasteiger partial charge is 0.415 e. The number of esters is 1. The van der Waals surface area contributed by atoms with Gasteiger partial charge in [0.15, 0.2) is 0 Å². The minimum absolute atomic E-state index is 0.307. The number of ether oxygens (including phenoxy) is 2. The topological polar surface area (TPSA) is 90.7 Å². The molecular weight excluding hydrogens is 372 g/mol. The molecule has 0 bridgehead atoms. The Bertz CT molecular complexity index is 1010. The lowest BCUT2D eigenvalue weighted by Gasteiger charge is -2.08. The van der Waals surface area contributed by atoms with Gasteiger partial charge in [0.25, 0.3) is 0 Å². The van der Waals surface area contributed by atoms with E-state index in [0.29, 0.717) is 31.1 Å². The van der Waals surface area contributed by atoms with Crippen molar-refractivity contribution >= 4 is 12.1 Å². The van der Waals surface area contributed by atoms with Gasteiger partial charge in [-0.3, -0.25) is 0 Å². The predicted molar refractivity (Wildman–Crippen MR) is 104 cm³/mol. The third-order valence-corrected chi connectivity index (χ3v) is 4.70. The van der Waals surface area contributed by atoms with E-state index in [1.807, 2.05) is 61.5 Å². The van der Waals surface area contributed by atoms with Crippen LogP contribution in [0.2, 0.25) is 0 Å². The maximum atomic E-state index is 11.5. The normalized spacial score (nSPS) is 15.8. The molecule has 1 aromatic heterocycles. The van der Waals surface area contributed by atoms with E-state index in [0.717, 1.165) is 22.6 Å². The lowest BCUT2D eigenvalue weighted by Crippen LogP contribution is -2.29. The van der Waals surface area contributed by atoms with Crippen LogP contribution in [0.25, 0.3) is 11.5 Å². The summed E-state index contributed by atoms with van der Waals surface area (Å²) in [7, 11) is 0. The number of hydrogen-bond acceptors (Lipinski definition) is 6. The maximum Gasteiger partial charge on any atom is 0.415 e. The monoisotopic (exact) mass is 392 g/mol. The summed E-state index contributed by atoms with van der Waals surface area (Å²) < 4.78 is 16.1. The van der Waals surface area contributed by atoms with Gasteiger partial charge in [0, 0.05) is 5.56 Å². The first-order chi connectivity index (χ1) is 14.1. The summed E-state index contributed by atoms with van der Waals surface area (Å²) in [6, 6.07) is 16.8. The molecule has 1 unspecified atom stereocenters. The summed E-state index contributed by atoms with van der Waals surface area (Å²) in [5.41, 5.74) is 2.72. The zero-order valence-corrected chi connectivity index (χ0v) is 15.9. The number of nitrogens with one attached hydrogen (secondary N) is 1. The van der Waals surface area contributed by atoms with Gasteiger partial charge in [-0.05, 0) is 49.6 Å². The molecule has 1 N–H and O–H groups in total. The maximum absolute atomic E-state index is 11.5. The molecule has 1 atom stereocenters. The molecule has 1 fully saturated rings. The first-order valence-corrected chi connectivity index (χ1v) is 9.34. The Hall–Kier alpha value is -3.61. The zero-order valence-electron chi connectivity index (χ0n) is 15.9. The van der Waals surface area contributed by atoms with Gasteiger partial charge in [-0.15, -0.1) is 0 Å². The molecule has 148 valence electrons. The highest BCUT2D eigenvalue weighted by Crippen LogP contribution is 2.23. The summed E-state index contributed by atoms with van der Waals surface area (Å²) in [6.07, 6.45) is 0.455. The average molecular weight is 392 g/mol. The first kappa shape index (κ1) is 18.7. The molecule has 29 heavy (non-hydrogen) atoms. The van der Waals surface area contributed by atoms with E-state index in [2.05, 4.69) is 15.0 Å². The minimum atomic E-state index is -0.678. The number of rotatable bonds is 7. The number of alkyl carbamates (subject to hydrolysis) is 1. The van der Waals surface area contributed by atoms with Crippen LogP contribution in [-0.2, 0) is 22.6 Å². The average Bonchev–Trinajstić information content (AvgIpc) is 3.27. The molecule has 1 saturated heterocycles. The van der Waals surface area contributed by atoms with E-state index in [1.54, 1.807) is 0 Å². The molecule has 4 rings (SSSR count). The van der Waals surface area contributed by atoms with Gasteiger partial charge in [0.1, 0.15) is 29.9 Å². The lowest BCUT2D eigenvalue weighted by molar-refractivity contribution is -0.135. The molecule has 2 heterocycles. The fourth-order valence-corrected chi connectivity index (χ4v) is 3.06. The van der Waals surface area contributed by atoms with Crippen LogP contribution in [0.4, 0.5) is 4.79 Å². The molecule has 0 aliphatic carbocycles. The molecule has 7 nitrogen and oxygen atoms in total. The number of amides is 1. The highest BCUT2D eigenvalue weighted by molar-refractivity contribution is 5.95. The highest BCUT2D eigenvalue weighted by atomic mass is 16.6. The number of oxazole rings is 1. The Balaban J connectivity index is 1.32. The van der Waals surface area contributed by atoms with Gasteiger partial charge in [-0.25, -0.2) is 14.6 Å². The van der Waals surface area contributed by atoms with E-state index in [-0.39, 0.29) is 0 Å². The minimum Gasteiger partial charge on any atom is -0.487 e. The largest absolute Gasteiger partial charge is 0.487 e. The van der Waals surface area contributed by atoms with Crippen LogP contribution in [-0.4, -0.2) is 23.1 Å². The van der Waals surface area contributed by atoms with E-state index in [1.165, 1.54) is 0 Å². The summed E-state index contributed by atoms with van der Waals surface area (Å²) in [5, 5.41) is 2.49. The Labute approximate surface area is 167 Å². The van der Waals surface area contributed by atoms with Crippen LogP contribution in [0.3, 0.4) is 0 Å². The van der Waals surface area contributed by atoms with Gasteiger partial charge in [-0.2, -0.15) is 0 Å². The number of carbonyl (C=O) groups is 2. The molecule has 0 spiro atoms. The van der Waals surface area contributed by atoms with Crippen molar-refractivity contribution in [2.75, 3.05) is 0 Å². The summed E-state index contributed by atoms with van der Waals surface area (Å²) in [5.74, 6) is 1.50. The van der Waals surface area contributed by atoms with Gasteiger partial charge in [0.05, 0.1) is 0 Å². The van der Waals surface area contributed by atoms with Crippen molar-refractivity contribution in [3.63, 3.8) is 0 Å². The van der Waals surface area contributed by atoms with Crippen LogP contribution in [0, 0.1) is 6.92 Å². The molecule has 2 aromatic carbocycles. The van der Waals surface area contributed by atoms with Crippen LogP contribution < -0.4 is 10.1 Å². The van der Waals surface area contributed by atoms with Crippen molar-refractivity contribution < 1.29 is 23.5 Å². The molecule has 1 aliphatic heterocycles. The number of carbonyl (C=O) groups excluding carboxylic acids is 2. The van der Waals surface area contributed by atoms with Crippen molar-refractivity contribution in [2.45, 2.75) is 32.4 Å². The third-order valence-electron chi connectivity index (χ3n) is 4.70. The SMILES string of the molecule is Cc1oc(-c2ccccc2)nc1COc1ccc(CCC2NC(=O)OC2=O)cc1. The Morgan fingerprint density at radius 2 is 1.83 bits per heavy atom. The standard InChI is InChI=1S/C22H20N2O5/c1-14-19(23-20(28-14)16-5-3-2-4-6-16)13-27-17-10-7-15(8-11-17)9-12-18-21(25)29-22(26)24-18/h2-8,10-11,18H,9,12-13H2,1H3,(H,24,26). The van der Waals surface area contributed by atoms with Crippen LogP contribution in [0.5, 0.6) is 5.75 Å². The molecule has 7 heteroatoms. The van der Waals surface area contributed by atoms with Crippen molar-refractivity contribution in [3.8, 4) is 17.2 Å². The second-order valence-electron chi connectivity index (χ2n) is 6.76. The lowest BCUT2D eigenvalue weighted by atomic mass is 10.1. The Morgan fingerprint density at radius 3 is 2.52 bits per heavy atom. The van der Waals surface area contributed by atoms with Crippen LogP contribution in [0.1, 0.15) is 23.4 Å². The van der Waals surface area contributed by atoms with Crippen LogP contribution in [0.15, 0.2) is 59.0 Å². The molecule has 3 aromatic rings. The Morgan fingerprint density at radius 1 is 1.07 bits per heavy atom. The van der Waals surface area contributed by atoms with Gasteiger partial charge in [-0.1, -0.05) is 30.3 Å². The fraction of sp³-hybridized carbons (Fsp3) is 0.227. The molecular formula is C22H20N2O5. The number of hydrogen-bond donors (Lipinski definition) is 1. The van der Waals surface area contributed by atoms with Crippen molar-refractivity contribution in [3.05, 3.63) is 71.6 Å². The summed E-state index contributed by atoms with van der Waals surface area (Å²) in [6.45, 7) is 2.18. The fourth-order valence-electron chi connectivity index (χ4n) is 3.06. The quantitative estimate of drug-likeness (QED) is 0.486. The number of cyclic esters (lactones) is 2. The van der Waals surface area contributed by atoms with E-state index >= 15 is 0 Å². The van der Waals surface area contributed by atoms with E-state index in [4.69, 9.17) is 9.15 Å². The first-order valence-electron chi connectivity index (χ1n) is 9.34. The number of benzene rings is 2. The summed E-state index contributed by atoms with van der Waals surface area (Å²) in [4.78, 5) is 27.0. The number of aromatic nitrogens is 1. The zero-order chi connectivity index (χ0) is 20.2. The van der Waals surface area contributed by atoms with Crippen LogP contribution >= 0.6 is 0 Å². The predicted octanol–water partition coefficient (Wildman–Crippen LogP) is 3.80. The van der Waals surface area contributed by atoms with Gasteiger partial charge in [0.2, 0.25) is 5.89 Å². The second-order valence-corrected chi connectivity index (χ2v) is 6.76. The van der Waals surface area contributed by atoms with E-state index in [9.17, 15) is 9.59 Å². The highest BCUT2D eigenvalue weighted by Gasteiger charge is 2.31. The van der Waals surface area contributed by atoms with Gasteiger partial charge < -0.3 is 19.2 Å². The third kappa shape index (κ3) is 4.45. The summed E-state index contributed by atoms with van der Waals surface area (Å²) >= 11 is 0. The second kappa shape index (κ2) is 8.18. The molecule has 0 radical (unpaired) electrons. The van der Waals surface area contributed by atoms with E-state index < -0.39 is 18.1 Å². The number of nitrogens with zero attached hydrogens (tertiary/aromatic N) is 1.